The summed E-state index contributed by atoms with van der Waals surface area (Å²) in [5, 5.41) is 3.13. The van der Waals surface area contributed by atoms with Gasteiger partial charge < -0.3 is 15.1 Å². The minimum atomic E-state index is 0.0697. The monoisotopic (exact) mass is 335 g/mol. The fraction of sp³-hybridized carbons (Fsp3) is 0.895. The van der Waals surface area contributed by atoms with Gasteiger partial charge in [0, 0.05) is 38.6 Å². The van der Waals surface area contributed by atoms with E-state index in [1.165, 1.54) is 25.7 Å². The molecule has 0 aromatic carbocycles. The molecule has 5 heteroatoms. The van der Waals surface area contributed by atoms with Gasteiger partial charge in [0.2, 0.25) is 5.91 Å². The molecule has 1 aliphatic carbocycles. The normalized spacial score (nSPS) is 28.9. The summed E-state index contributed by atoms with van der Waals surface area (Å²) >= 11 is 0. The van der Waals surface area contributed by atoms with E-state index in [1.54, 1.807) is 0 Å². The zero-order valence-electron chi connectivity index (χ0n) is 15.1. The fourth-order valence-electron chi connectivity index (χ4n) is 4.61. The zero-order valence-corrected chi connectivity index (χ0v) is 15.1. The number of nitrogens with zero attached hydrogens (tertiary/aromatic N) is 2. The standard InChI is InChI=1S/C19H33N3O2/c1-15-5-4-6-16(13-15)14-20-19(24)22-11-7-17(8-12-22)18(23)21-9-2-3-10-21/h15-17H,2-14H2,1H3,(H,20,24). The summed E-state index contributed by atoms with van der Waals surface area (Å²) < 4.78 is 0. The first-order chi connectivity index (χ1) is 11.6. The molecule has 5 nitrogen and oxygen atoms in total. The molecule has 1 saturated carbocycles. The molecule has 0 bridgehead atoms. The molecule has 1 N–H and O–H groups in total. The quantitative estimate of drug-likeness (QED) is 0.862. The van der Waals surface area contributed by atoms with Crippen LogP contribution in [0.5, 0.6) is 0 Å². The van der Waals surface area contributed by atoms with Crippen molar-refractivity contribution in [3.8, 4) is 0 Å². The summed E-state index contributed by atoms with van der Waals surface area (Å²) in [4.78, 5) is 28.7. The van der Waals surface area contributed by atoms with Crippen LogP contribution in [-0.2, 0) is 4.79 Å². The molecule has 2 heterocycles. The summed E-state index contributed by atoms with van der Waals surface area (Å²) in [5.41, 5.74) is 0. The lowest BCUT2D eigenvalue weighted by atomic mass is 9.82. The number of carbonyl (C=O) groups excluding carboxylic acids is 2. The van der Waals surface area contributed by atoms with E-state index >= 15 is 0 Å². The maximum Gasteiger partial charge on any atom is 0.317 e. The van der Waals surface area contributed by atoms with Gasteiger partial charge >= 0.3 is 6.03 Å². The SMILES string of the molecule is CC1CCCC(CNC(=O)N2CCC(C(=O)N3CCCC3)CC2)C1. The third-order valence-electron chi connectivity index (χ3n) is 6.14. The van der Waals surface area contributed by atoms with E-state index in [2.05, 4.69) is 12.2 Å². The van der Waals surface area contributed by atoms with Crippen LogP contribution in [-0.4, -0.2) is 54.5 Å². The first-order valence-corrected chi connectivity index (χ1v) is 9.95. The number of nitrogens with one attached hydrogen (secondary N) is 1. The number of piperidine rings is 1. The number of hydrogen-bond acceptors (Lipinski definition) is 2. The molecule has 2 unspecified atom stereocenters. The fourth-order valence-corrected chi connectivity index (χ4v) is 4.61. The lowest BCUT2D eigenvalue weighted by Crippen LogP contribution is -2.48. The minimum Gasteiger partial charge on any atom is -0.342 e. The van der Waals surface area contributed by atoms with Gasteiger partial charge in [-0.05, 0) is 50.4 Å². The first kappa shape index (κ1) is 17.6. The summed E-state index contributed by atoms with van der Waals surface area (Å²) in [6.07, 6.45) is 9.06. The van der Waals surface area contributed by atoms with Crippen LogP contribution in [0.3, 0.4) is 0 Å². The Labute approximate surface area is 146 Å². The van der Waals surface area contributed by atoms with Crippen LogP contribution in [0.1, 0.15) is 58.3 Å². The van der Waals surface area contributed by atoms with E-state index < -0.39 is 0 Å². The third kappa shape index (κ3) is 4.42. The van der Waals surface area contributed by atoms with Crippen LogP contribution < -0.4 is 5.32 Å². The molecular weight excluding hydrogens is 302 g/mol. The van der Waals surface area contributed by atoms with Gasteiger partial charge in [0.15, 0.2) is 0 Å². The highest BCUT2D eigenvalue weighted by Crippen LogP contribution is 2.28. The van der Waals surface area contributed by atoms with Crippen molar-refractivity contribution in [3.05, 3.63) is 0 Å². The second-order valence-electron chi connectivity index (χ2n) is 8.12. The maximum atomic E-state index is 12.4. The van der Waals surface area contributed by atoms with Gasteiger partial charge in [0.25, 0.3) is 0 Å². The Kier molecular flexibility index (Phi) is 6.01. The second kappa shape index (κ2) is 8.21. The van der Waals surface area contributed by atoms with Gasteiger partial charge in [-0.3, -0.25) is 4.79 Å². The molecule has 2 saturated heterocycles. The first-order valence-electron chi connectivity index (χ1n) is 9.95. The van der Waals surface area contributed by atoms with Gasteiger partial charge in [0.05, 0.1) is 0 Å². The van der Waals surface area contributed by atoms with E-state index in [4.69, 9.17) is 0 Å². The summed E-state index contributed by atoms with van der Waals surface area (Å²) in [5.74, 6) is 1.90. The summed E-state index contributed by atoms with van der Waals surface area (Å²) in [6.45, 7) is 6.43. The average molecular weight is 335 g/mol. The Morgan fingerprint density at radius 3 is 2.29 bits per heavy atom. The lowest BCUT2D eigenvalue weighted by Gasteiger charge is -2.34. The van der Waals surface area contributed by atoms with Crippen molar-refractivity contribution in [2.75, 3.05) is 32.7 Å². The zero-order chi connectivity index (χ0) is 16.9. The van der Waals surface area contributed by atoms with Crippen molar-refractivity contribution < 1.29 is 9.59 Å². The molecule has 3 amide bonds. The number of urea groups is 1. The molecule has 24 heavy (non-hydrogen) atoms. The van der Waals surface area contributed by atoms with Crippen molar-refractivity contribution in [2.24, 2.45) is 17.8 Å². The number of carbonyl (C=O) groups is 2. The van der Waals surface area contributed by atoms with Crippen LogP contribution in [0, 0.1) is 17.8 Å². The Morgan fingerprint density at radius 2 is 1.62 bits per heavy atom. The highest BCUT2D eigenvalue weighted by Gasteiger charge is 2.31. The molecular formula is C19H33N3O2. The van der Waals surface area contributed by atoms with E-state index in [0.29, 0.717) is 11.8 Å². The molecule has 3 aliphatic rings. The molecule has 136 valence electrons. The molecule has 2 atom stereocenters. The largest absolute Gasteiger partial charge is 0.342 e. The molecule has 0 spiro atoms. The molecule has 0 radical (unpaired) electrons. The van der Waals surface area contributed by atoms with Crippen LogP contribution >= 0.6 is 0 Å². The minimum absolute atomic E-state index is 0.0697. The molecule has 0 aromatic heterocycles. The highest BCUT2D eigenvalue weighted by molar-refractivity contribution is 5.80. The van der Waals surface area contributed by atoms with Gasteiger partial charge in [-0.25, -0.2) is 4.79 Å². The Hall–Kier alpha value is -1.26. The van der Waals surface area contributed by atoms with E-state index in [9.17, 15) is 9.59 Å². The van der Waals surface area contributed by atoms with Gasteiger partial charge in [-0.1, -0.05) is 19.8 Å². The van der Waals surface area contributed by atoms with Gasteiger partial charge in [-0.15, -0.1) is 0 Å². The molecule has 3 rings (SSSR count). The van der Waals surface area contributed by atoms with Crippen molar-refractivity contribution in [1.82, 2.24) is 15.1 Å². The van der Waals surface area contributed by atoms with Crippen LogP contribution in [0.25, 0.3) is 0 Å². The van der Waals surface area contributed by atoms with Crippen molar-refractivity contribution in [3.63, 3.8) is 0 Å². The number of likely N-dealkylation sites (tertiary alicyclic amines) is 2. The molecule has 3 fully saturated rings. The number of rotatable bonds is 3. The Balaban J connectivity index is 1.37. The highest BCUT2D eigenvalue weighted by atomic mass is 16.2. The summed E-state index contributed by atoms with van der Waals surface area (Å²) in [7, 11) is 0. The van der Waals surface area contributed by atoms with Crippen molar-refractivity contribution >= 4 is 11.9 Å². The van der Waals surface area contributed by atoms with Gasteiger partial charge in [-0.2, -0.15) is 0 Å². The molecule has 0 aromatic rings. The van der Waals surface area contributed by atoms with Crippen molar-refractivity contribution in [2.45, 2.75) is 58.3 Å². The predicted octanol–water partition coefficient (Wildman–Crippen LogP) is 2.86. The third-order valence-corrected chi connectivity index (χ3v) is 6.14. The Bertz CT molecular complexity index is 440. The molecule has 2 aliphatic heterocycles. The number of amides is 3. The van der Waals surface area contributed by atoms with Crippen LogP contribution in [0.2, 0.25) is 0 Å². The van der Waals surface area contributed by atoms with Crippen LogP contribution in [0.4, 0.5) is 4.79 Å². The maximum absolute atomic E-state index is 12.4. The van der Waals surface area contributed by atoms with E-state index in [1.807, 2.05) is 9.80 Å². The topological polar surface area (TPSA) is 52.7 Å². The second-order valence-corrected chi connectivity index (χ2v) is 8.12. The smallest absolute Gasteiger partial charge is 0.317 e. The lowest BCUT2D eigenvalue weighted by molar-refractivity contribution is -0.135. The predicted molar refractivity (Wildman–Crippen MR) is 94.6 cm³/mol. The Morgan fingerprint density at radius 1 is 0.917 bits per heavy atom. The van der Waals surface area contributed by atoms with E-state index in [0.717, 1.165) is 64.3 Å². The van der Waals surface area contributed by atoms with Crippen molar-refractivity contribution in [1.29, 1.82) is 0 Å². The van der Waals surface area contributed by atoms with Crippen LogP contribution in [0.15, 0.2) is 0 Å². The van der Waals surface area contributed by atoms with E-state index in [-0.39, 0.29) is 11.9 Å². The van der Waals surface area contributed by atoms with Gasteiger partial charge in [0.1, 0.15) is 0 Å². The summed E-state index contributed by atoms with van der Waals surface area (Å²) in [6, 6.07) is 0.0697. The average Bonchev–Trinajstić information content (AvgIpc) is 3.14. The number of hydrogen-bond donors (Lipinski definition) is 1.